The highest BCUT2D eigenvalue weighted by atomic mass is 19.1. The van der Waals surface area contributed by atoms with Gasteiger partial charge in [-0.15, -0.1) is 0 Å². The summed E-state index contributed by atoms with van der Waals surface area (Å²) in [6.45, 7) is 0. The Bertz CT molecular complexity index is 622. The number of benzene rings is 1. The Balaban J connectivity index is 2.78. The van der Waals surface area contributed by atoms with Gasteiger partial charge in [0.25, 0.3) is 5.56 Å². The van der Waals surface area contributed by atoms with Crippen LogP contribution in [0.15, 0.2) is 16.9 Å². The van der Waals surface area contributed by atoms with Crippen molar-refractivity contribution in [1.82, 2.24) is 9.97 Å². The molecule has 1 heterocycles. The second-order valence-corrected chi connectivity index (χ2v) is 3.78. The molecule has 2 aromatic rings. The molecule has 2 rings (SSSR count). The largest absolute Gasteiger partial charge is 0.348 e. The zero-order chi connectivity index (χ0) is 12.6. The van der Waals surface area contributed by atoms with Crippen molar-refractivity contribution in [1.29, 1.82) is 0 Å². The Kier molecular flexibility index (Phi) is 2.68. The van der Waals surface area contributed by atoms with Gasteiger partial charge in [0.15, 0.2) is 0 Å². The van der Waals surface area contributed by atoms with Crippen molar-refractivity contribution in [3.05, 3.63) is 28.3 Å². The van der Waals surface area contributed by atoms with Gasteiger partial charge in [-0.2, -0.15) is 0 Å². The van der Waals surface area contributed by atoms with Crippen LogP contribution in [0, 0.1) is 5.82 Å². The third-order valence-corrected chi connectivity index (χ3v) is 2.36. The zero-order valence-electron chi connectivity index (χ0n) is 9.41. The minimum Gasteiger partial charge on any atom is -0.348 e. The van der Waals surface area contributed by atoms with Crippen LogP contribution in [0.5, 0.6) is 0 Å². The van der Waals surface area contributed by atoms with Gasteiger partial charge in [-0.05, 0) is 12.1 Å². The summed E-state index contributed by atoms with van der Waals surface area (Å²) in [5, 5.41) is 0.187. The molecule has 1 aromatic carbocycles. The Morgan fingerprint density at radius 3 is 2.76 bits per heavy atom. The molecule has 0 saturated heterocycles. The van der Waals surface area contributed by atoms with Gasteiger partial charge in [-0.1, -0.05) is 0 Å². The maximum atomic E-state index is 13.4. The van der Waals surface area contributed by atoms with Gasteiger partial charge >= 0.3 is 0 Å². The first-order chi connectivity index (χ1) is 8.02. The number of aromatic nitrogens is 2. The summed E-state index contributed by atoms with van der Waals surface area (Å²) in [6, 6.07) is 2.50. The molecular formula is C10H12FN5O. The first kappa shape index (κ1) is 11.3. The molecule has 0 amide bonds. The predicted molar refractivity (Wildman–Crippen MR) is 64.5 cm³/mol. The van der Waals surface area contributed by atoms with E-state index in [2.05, 4.69) is 15.4 Å². The summed E-state index contributed by atoms with van der Waals surface area (Å²) in [5.74, 6) is 4.97. The summed E-state index contributed by atoms with van der Waals surface area (Å²) >= 11 is 0. The Hall–Kier alpha value is -2.15. The molecule has 0 spiro atoms. The molecule has 6 nitrogen and oxygen atoms in total. The monoisotopic (exact) mass is 237 g/mol. The molecule has 0 aliphatic heterocycles. The van der Waals surface area contributed by atoms with Crippen LogP contribution >= 0.6 is 0 Å². The number of hydrazine groups is 1. The molecule has 7 heteroatoms. The minimum atomic E-state index is -0.593. The zero-order valence-corrected chi connectivity index (χ0v) is 9.41. The van der Waals surface area contributed by atoms with E-state index in [1.54, 1.807) is 19.0 Å². The van der Waals surface area contributed by atoms with Gasteiger partial charge < -0.3 is 10.3 Å². The fourth-order valence-corrected chi connectivity index (χ4v) is 1.47. The summed E-state index contributed by atoms with van der Waals surface area (Å²) in [5.41, 5.74) is 2.31. The highest BCUT2D eigenvalue weighted by molar-refractivity contribution is 5.82. The van der Waals surface area contributed by atoms with Crippen molar-refractivity contribution < 1.29 is 4.39 Å². The number of nitrogens with two attached hydrogens (primary N) is 1. The van der Waals surface area contributed by atoms with Crippen LogP contribution in [-0.4, -0.2) is 24.1 Å². The average Bonchev–Trinajstić information content (AvgIpc) is 2.29. The lowest BCUT2D eigenvalue weighted by molar-refractivity contribution is 0.632. The standard InChI is InChI=1S/C10H12FN5O/c1-16(2)10-13-7-4-8(15-12)6(11)3-5(7)9(17)14-10/h3-4,15H,12H2,1-2H3,(H,13,14,17). The first-order valence-electron chi connectivity index (χ1n) is 4.90. The predicted octanol–water partition coefficient (Wildman–Crippen LogP) is 0.414. The normalized spacial score (nSPS) is 10.6. The van der Waals surface area contributed by atoms with E-state index >= 15 is 0 Å². The SMILES string of the molecule is CN(C)c1nc2cc(NN)c(F)cc2c(=O)[nH]1. The van der Waals surface area contributed by atoms with Crippen LogP contribution in [0.1, 0.15) is 0 Å². The minimum absolute atomic E-state index is 0.0975. The van der Waals surface area contributed by atoms with Crippen molar-refractivity contribution in [3.63, 3.8) is 0 Å². The number of aromatic amines is 1. The first-order valence-corrected chi connectivity index (χ1v) is 4.90. The van der Waals surface area contributed by atoms with Gasteiger partial charge in [0.2, 0.25) is 5.95 Å². The number of hydrogen-bond donors (Lipinski definition) is 3. The number of hydrogen-bond acceptors (Lipinski definition) is 5. The smallest absolute Gasteiger partial charge is 0.260 e. The molecule has 0 saturated carbocycles. The van der Waals surface area contributed by atoms with Crippen molar-refractivity contribution >= 4 is 22.5 Å². The molecule has 0 unspecified atom stereocenters. The van der Waals surface area contributed by atoms with Gasteiger partial charge in [0.1, 0.15) is 5.82 Å². The number of nitrogen functional groups attached to an aromatic ring is 1. The van der Waals surface area contributed by atoms with Crippen molar-refractivity contribution in [2.45, 2.75) is 0 Å². The van der Waals surface area contributed by atoms with Gasteiger partial charge in [-0.3, -0.25) is 15.6 Å². The van der Waals surface area contributed by atoms with Crippen LogP contribution < -0.4 is 21.7 Å². The fourth-order valence-electron chi connectivity index (χ4n) is 1.47. The molecule has 1 aromatic heterocycles. The number of anilines is 2. The third kappa shape index (κ3) is 1.92. The van der Waals surface area contributed by atoms with Gasteiger partial charge in [0.05, 0.1) is 16.6 Å². The summed E-state index contributed by atoms with van der Waals surface area (Å²) in [6.07, 6.45) is 0. The molecule has 0 aliphatic carbocycles. The molecule has 17 heavy (non-hydrogen) atoms. The van der Waals surface area contributed by atoms with E-state index in [0.29, 0.717) is 11.5 Å². The van der Waals surface area contributed by atoms with E-state index in [1.807, 2.05) is 0 Å². The van der Waals surface area contributed by atoms with E-state index < -0.39 is 5.82 Å². The maximum absolute atomic E-state index is 13.4. The van der Waals surface area contributed by atoms with Crippen LogP contribution in [0.4, 0.5) is 16.0 Å². The highest BCUT2D eigenvalue weighted by Crippen LogP contribution is 2.19. The van der Waals surface area contributed by atoms with E-state index in [9.17, 15) is 9.18 Å². The number of fused-ring (bicyclic) bond motifs is 1. The summed E-state index contributed by atoms with van der Waals surface area (Å²) < 4.78 is 13.4. The third-order valence-electron chi connectivity index (χ3n) is 2.36. The molecule has 0 atom stereocenters. The quantitative estimate of drug-likeness (QED) is 0.520. The number of halogens is 1. The molecular weight excluding hydrogens is 225 g/mol. The number of nitrogens with zero attached hydrogens (tertiary/aromatic N) is 2. The molecule has 0 bridgehead atoms. The fraction of sp³-hybridized carbons (Fsp3) is 0.200. The van der Waals surface area contributed by atoms with E-state index in [-0.39, 0.29) is 16.6 Å². The highest BCUT2D eigenvalue weighted by Gasteiger charge is 2.09. The number of H-pyrrole nitrogens is 1. The molecule has 0 fully saturated rings. The van der Waals surface area contributed by atoms with Crippen LogP contribution in [0.3, 0.4) is 0 Å². The van der Waals surface area contributed by atoms with Crippen molar-refractivity contribution in [2.75, 3.05) is 24.4 Å². The second-order valence-electron chi connectivity index (χ2n) is 3.78. The number of rotatable bonds is 2. The summed E-state index contributed by atoms with van der Waals surface area (Å²) in [4.78, 5) is 20.1. The maximum Gasteiger partial charge on any atom is 0.260 e. The van der Waals surface area contributed by atoms with Gasteiger partial charge in [0, 0.05) is 14.1 Å². The lowest BCUT2D eigenvalue weighted by atomic mass is 10.2. The van der Waals surface area contributed by atoms with Crippen LogP contribution in [0.2, 0.25) is 0 Å². The number of nitrogens with one attached hydrogen (secondary N) is 2. The Labute approximate surface area is 96.2 Å². The summed E-state index contributed by atoms with van der Waals surface area (Å²) in [7, 11) is 3.49. The molecule has 0 aliphatic rings. The van der Waals surface area contributed by atoms with E-state index in [4.69, 9.17) is 5.84 Å². The van der Waals surface area contributed by atoms with Crippen molar-refractivity contribution in [2.24, 2.45) is 5.84 Å². The molecule has 0 radical (unpaired) electrons. The topological polar surface area (TPSA) is 87.0 Å². The lowest BCUT2D eigenvalue weighted by Crippen LogP contribution is -2.19. The van der Waals surface area contributed by atoms with Crippen LogP contribution in [0.25, 0.3) is 10.9 Å². The van der Waals surface area contributed by atoms with E-state index in [0.717, 1.165) is 6.07 Å². The lowest BCUT2D eigenvalue weighted by Gasteiger charge is -2.11. The molecule has 4 N–H and O–H groups in total. The van der Waals surface area contributed by atoms with Crippen LogP contribution in [-0.2, 0) is 0 Å². The van der Waals surface area contributed by atoms with Crippen molar-refractivity contribution in [3.8, 4) is 0 Å². The van der Waals surface area contributed by atoms with E-state index in [1.165, 1.54) is 6.07 Å². The molecule has 90 valence electrons. The Morgan fingerprint density at radius 1 is 1.47 bits per heavy atom. The Morgan fingerprint density at radius 2 is 2.18 bits per heavy atom. The van der Waals surface area contributed by atoms with Gasteiger partial charge in [-0.25, -0.2) is 9.37 Å². The average molecular weight is 237 g/mol. The second kappa shape index (κ2) is 4.02.